The third-order valence-corrected chi connectivity index (χ3v) is 8.04. The fourth-order valence-corrected chi connectivity index (χ4v) is 5.84. The van der Waals surface area contributed by atoms with E-state index >= 15 is 0 Å². The molecule has 1 aliphatic rings. The van der Waals surface area contributed by atoms with Crippen LogP contribution in [-0.2, 0) is 11.2 Å². The average molecular weight is 544 g/mol. The summed E-state index contributed by atoms with van der Waals surface area (Å²) in [7, 11) is 1.60. The van der Waals surface area contributed by atoms with Gasteiger partial charge in [0.2, 0.25) is 5.91 Å². The van der Waals surface area contributed by atoms with Gasteiger partial charge >= 0.3 is 0 Å². The summed E-state index contributed by atoms with van der Waals surface area (Å²) >= 11 is 1.49. The molecule has 6 nitrogen and oxygen atoms in total. The van der Waals surface area contributed by atoms with Crippen LogP contribution in [0.25, 0.3) is 11.1 Å². The fourth-order valence-electron chi connectivity index (χ4n) is 4.87. The number of benzene rings is 3. The van der Waals surface area contributed by atoms with Gasteiger partial charge in [0, 0.05) is 42.4 Å². The number of rotatable bonds is 8. The van der Waals surface area contributed by atoms with Crippen LogP contribution in [0.1, 0.15) is 46.2 Å². The number of aromatic nitrogens is 1. The molecule has 0 bridgehead atoms. The van der Waals surface area contributed by atoms with Crippen molar-refractivity contribution in [3.63, 3.8) is 0 Å². The quantitative estimate of drug-likeness (QED) is 0.274. The van der Waals surface area contributed by atoms with Gasteiger partial charge in [-0.1, -0.05) is 42.5 Å². The Labute approximate surface area is 231 Å². The third kappa shape index (κ3) is 6.52. The number of hydrogen-bond acceptors (Lipinski definition) is 5. The number of ether oxygens (including phenoxy) is 1. The van der Waals surface area contributed by atoms with E-state index in [4.69, 9.17) is 4.74 Å². The molecule has 0 atom stereocenters. The Balaban J connectivity index is 1.19. The number of thiazole rings is 1. The summed E-state index contributed by atoms with van der Waals surface area (Å²) in [4.78, 5) is 32.4. The number of methoxy groups -OCH3 is 1. The van der Waals surface area contributed by atoms with Crippen molar-refractivity contribution >= 4 is 28.8 Å². The Morgan fingerprint density at radius 3 is 2.59 bits per heavy atom. The number of halogens is 1. The number of carbonyl (C=O) groups is 2. The van der Waals surface area contributed by atoms with Crippen LogP contribution in [0.15, 0.2) is 78.2 Å². The normalized spacial score (nSPS) is 13.7. The van der Waals surface area contributed by atoms with Gasteiger partial charge in [-0.15, -0.1) is 11.3 Å². The number of aryl methyl sites for hydroxylation is 1. The minimum atomic E-state index is -0.280. The standard InChI is InChI=1S/C31H30FN3O3S/c1-38-25-11-12-26(22-7-3-2-4-8-22)27(19-25)33-30(37)28-20-39-31(34-28)23-14-16-35(17-15-23)29(36)13-10-21-6-5-9-24(32)18-21/h2-9,11-12,18-20,23H,10,13-17H2,1H3,(H,33,37). The topological polar surface area (TPSA) is 71.5 Å². The zero-order chi connectivity index (χ0) is 27.2. The molecule has 0 aliphatic carbocycles. The molecule has 0 spiro atoms. The summed E-state index contributed by atoms with van der Waals surface area (Å²) < 4.78 is 18.8. The first kappa shape index (κ1) is 26.6. The lowest BCUT2D eigenvalue weighted by Crippen LogP contribution is -2.38. The Morgan fingerprint density at radius 1 is 1.05 bits per heavy atom. The number of likely N-dealkylation sites (tertiary alicyclic amines) is 1. The first-order valence-corrected chi connectivity index (χ1v) is 13.9. The molecule has 0 radical (unpaired) electrons. The molecule has 1 fully saturated rings. The molecule has 5 rings (SSSR count). The fraction of sp³-hybridized carbons (Fsp3) is 0.258. The SMILES string of the molecule is COc1ccc(-c2ccccc2)c(NC(=O)c2csc(C3CCN(C(=O)CCc4cccc(F)c4)CC3)n2)c1. The molecule has 39 heavy (non-hydrogen) atoms. The number of nitrogens with one attached hydrogen (secondary N) is 1. The first-order valence-electron chi connectivity index (χ1n) is 13.0. The van der Waals surface area contributed by atoms with Gasteiger partial charge in [0.15, 0.2) is 0 Å². The van der Waals surface area contributed by atoms with Crippen molar-refractivity contribution in [3.05, 3.63) is 100 Å². The number of anilines is 1. The summed E-state index contributed by atoms with van der Waals surface area (Å²) in [6, 6.07) is 21.9. The van der Waals surface area contributed by atoms with Crippen molar-refractivity contribution in [1.29, 1.82) is 0 Å². The van der Waals surface area contributed by atoms with Crippen molar-refractivity contribution in [3.8, 4) is 16.9 Å². The molecular formula is C31H30FN3O3S. The summed E-state index contributed by atoms with van der Waals surface area (Å²) in [6.07, 6.45) is 2.49. The molecule has 3 aromatic carbocycles. The summed E-state index contributed by atoms with van der Waals surface area (Å²) in [5.74, 6) is 0.399. The van der Waals surface area contributed by atoms with Crippen LogP contribution in [0.2, 0.25) is 0 Å². The van der Waals surface area contributed by atoms with Crippen LogP contribution >= 0.6 is 11.3 Å². The van der Waals surface area contributed by atoms with Gasteiger partial charge < -0.3 is 15.0 Å². The highest BCUT2D eigenvalue weighted by atomic mass is 32.1. The van der Waals surface area contributed by atoms with Crippen molar-refractivity contribution in [2.75, 3.05) is 25.5 Å². The minimum absolute atomic E-state index is 0.0874. The van der Waals surface area contributed by atoms with E-state index in [2.05, 4.69) is 10.3 Å². The molecule has 1 aliphatic heterocycles. The third-order valence-electron chi connectivity index (χ3n) is 7.03. The predicted molar refractivity (Wildman–Crippen MR) is 152 cm³/mol. The lowest BCUT2D eigenvalue weighted by molar-refractivity contribution is -0.132. The van der Waals surface area contributed by atoms with E-state index in [1.165, 1.54) is 23.5 Å². The predicted octanol–water partition coefficient (Wildman–Crippen LogP) is 6.55. The Hall–Kier alpha value is -4.04. The minimum Gasteiger partial charge on any atom is -0.497 e. The lowest BCUT2D eigenvalue weighted by Gasteiger charge is -2.31. The number of piperidine rings is 1. The number of nitrogens with zero attached hydrogens (tertiary/aromatic N) is 2. The Bertz CT molecular complexity index is 1450. The van der Waals surface area contributed by atoms with E-state index in [-0.39, 0.29) is 23.5 Å². The van der Waals surface area contributed by atoms with Gasteiger partial charge in [0.25, 0.3) is 5.91 Å². The van der Waals surface area contributed by atoms with E-state index in [1.54, 1.807) is 18.6 Å². The monoisotopic (exact) mass is 543 g/mol. The number of amides is 2. The van der Waals surface area contributed by atoms with E-state index in [0.29, 0.717) is 43.1 Å². The second kappa shape index (κ2) is 12.2. The van der Waals surface area contributed by atoms with Crippen LogP contribution < -0.4 is 10.1 Å². The van der Waals surface area contributed by atoms with E-state index < -0.39 is 0 Å². The van der Waals surface area contributed by atoms with E-state index in [0.717, 1.165) is 34.5 Å². The molecule has 4 aromatic rings. The van der Waals surface area contributed by atoms with Gasteiger partial charge in [-0.2, -0.15) is 0 Å². The smallest absolute Gasteiger partial charge is 0.275 e. The van der Waals surface area contributed by atoms with Gasteiger partial charge in [-0.3, -0.25) is 9.59 Å². The van der Waals surface area contributed by atoms with Crippen LogP contribution in [-0.4, -0.2) is 41.9 Å². The Morgan fingerprint density at radius 2 is 1.85 bits per heavy atom. The maximum absolute atomic E-state index is 13.4. The molecule has 0 unspecified atom stereocenters. The highest BCUT2D eigenvalue weighted by Crippen LogP contribution is 2.33. The molecule has 8 heteroatoms. The molecule has 1 N–H and O–H groups in total. The summed E-state index contributed by atoms with van der Waals surface area (Å²) in [5.41, 5.74) is 3.76. The molecule has 200 valence electrons. The maximum Gasteiger partial charge on any atom is 0.275 e. The van der Waals surface area contributed by atoms with Crippen LogP contribution in [0.5, 0.6) is 5.75 Å². The number of hydrogen-bond donors (Lipinski definition) is 1. The van der Waals surface area contributed by atoms with Crippen molar-refractivity contribution in [2.24, 2.45) is 0 Å². The van der Waals surface area contributed by atoms with Gasteiger partial charge in [-0.25, -0.2) is 9.37 Å². The van der Waals surface area contributed by atoms with Crippen molar-refractivity contribution in [2.45, 2.75) is 31.6 Å². The van der Waals surface area contributed by atoms with Crippen LogP contribution in [0, 0.1) is 5.82 Å². The van der Waals surface area contributed by atoms with Gasteiger partial charge in [0.05, 0.1) is 17.8 Å². The van der Waals surface area contributed by atoms with Crippen LogP contribution in [0.4, 0.5) is 10.1 Å². The van der Waals surface area contributed by atoms with E-state index in [1.807, 2.05) is 59.5 Å². The highest BCUT2D eigenvalue weighted by Gasteiger charge is 2.26. The second-order valence-electron chi connectivity index (χ2n) is 9.59. The maximum atomic E-state index is 13.4. The molecule has 1 saturated heterocycles. The Kier molecular flexibility index (Phi) is 8.32. The van der Waals surface area contributed by atoms with Gasteiger partial charge in [0.1, 0.15) is 17.3 Å². The molecule has 2 amide bonds. The molecular weight excluding hydrogens is 513 g/mol. The average Bonchev–Trinajstić information content (AvgIpc) is 3.47. The summed E-state index contributed by atoms with van der Waals surface area (Å²) in [6.45, 7) is 1.30. The molecule has 2 heterocycles. The second-order valence-corrected chi connectivity index (χ2v) is 10.5. The van der Waals surface area contributed by atoms with Crippen LogP contribution in [0.3, 0.4) is 0 Å². The van der Waals surface area contributed by atoms with Crippen molar-refractivity contribution in [1.82, 2.24) is 9.88 Å². The molecule has 0 saturated carbocycles. The van der Waals surface area contributed by atoms with E-state index in [9.17, 15) is 14.0 Å². The largest absolute Gasteiger partial charge is 0.497 e. The van der Waals surface area contributed by atoms with Crippen molar-refractivity contribution < 1.29 is 18.7 Å². The number of carbonyl (C=O) groups excluding carboxylic acids is 2. The summed E-state index contributed by atoms with van der Waals surface area (Å²) in [5, 5.41) is 5.73. The van der Waals surface area contributed by atoms with Gasteiger partial charge in [-0.05, 0) is 54.7 Å². The zero-order valence-electron chi connectivity index (χ0n) is 21.7. The lowest BCUT2D eigenvalue weighted by atomic mass is 9.97. The first-order chi connectivity index (χ1) is 19.0. The highest BCUT2D eigenvalue weighted by molar-refractivity contribution is 7.10. The molecule has 1 aromatic heterocycles. The zero-order valence-corrected chi connectivity index (χ0v) is 22.5.